The van der Waals surface area contributed by atoms with Gasteiger partial charge in [0, 0.05) is 0 Å². The van der Waals surface area contributed by atoms with Gasteiger partial charge >= 0.3 is 6.18 Å². The zero-order valence-electron chi connectivity index (χ0n) is 7.11. The van der Waals surface area contributed by atoms with Crippen molar-refractivity contribution in [2.24, 2.45) is 5.73 Å². The van der Waals surface area contributed by atoms with Crippen molar-refractivity contribution in [2.75, 3.05) is 0 Å². The summed E-state index contributed by atoms with van der Waals surface area (Å²) in [6.07, 6.45) is -4.25. The monoisotopic (exact) mass is 196 g/mol. The van der Waals surface area contributed by atoms with Crippen LogP contribution in [0.3, 0.4) is 0 Å². The molecular formula is C7H11F3N2O. The number of carbonyl (C=O) groups is 1. The second kappa shape index (κ2) is 2.87. The van der Waals surface area contributed by atoms with Crippen LogP contribution in [0.1, 0.15) is 19.8 Å². The van der Waals surface area contributed by atoms with Crippen LogP contribution in [0, 0.1) is 0 Å². The molecule has 3 N–H and O–H groups in total. The van der Waals surface area contributed by atoms with Crippen LogP contribution < -0.4 is 11.1 Å². The van der Waals surface area contributed by atoms with Crippen molar-refractivity contribution in [3.8, 4) is 0 Å². The summed E-state index contributed by atoms with van der Waals surface area (Å²) in [6, 6.07) is -0.941. The SMILES string of the molecule is CC(NC1(C(F)(F)F)CC1)C(N)=O. The predicted octanol–water partition coefficient (Wildman–Crippen LogP) is 0.545. The highest BCUT2D eigenvalue weighted by molar-refractivity contribution is 5.79. The molecule has 1 aliphatic rings. The number of hydrogen-bond acceptors (Lipinski definition) is 2. The molecule has 0 radical (unpaired) electrons. The third kappa shape index (κ3) is 1.93. The van der Waals surface area contributed by atoms with Crippen molar-refractivity contribution >= 4 is 5.91 Å². The summed E-state index contributed by atoms with van der Waals surface area (Å²) in [5, 5.41) is 2.21. The Hall–Kier alpha value is -0.780. The van der Waals surface area contributed by atoms with Gasteiger partial charge in [-0.05, 0) is 19.8 Å². The van der Waals surface area contributed by atoms with Crippen LogP contribution in [-0.4, -0.2) is 23.7 Å². The van der Waals surface area contributed by atoms with Gasteiger partial charge in [0.1, 0.15) is 5.54 Å². The van der Waals surface area contributed by atoms with Crippen molar-refractivity contribution in [3.63, 3.8) is 0 Å². The van der Waals surface area contributed by atoms with Gasteiger partial charge in [-0.3, -0.25) is 10.1 Å². The van der Waals surface area contributed by atoms with Gasteiger partial charge < -0.3 is 5.73 Å². The number of carbonyl (C=O) groups excluding carboxylic acids is 1. The smallest absolute Gasteiger partial charge is 0.368 e. The van der Waals surface area contributed by atoms with E-state index < -0.39 is 23.7 Å². The summed E-state index contributed by atoms with van der Waals surface area (Å²) in [4.78, 5) is 10.5. The molecule has 1 atom stereocenters. The molecule has 0 saturated heterocycles. The maximum absolute atomic E-state index is 12.3. The van der Waals surface area contributed by atoms with E-state index in [0.29, 0.717) is 0 Å². The topological polar surface area (TPSA) is 55.1 Å². The number of halogens is 3. The lowest BCUT2D eigenvalue weighted by molar-refractivity contribution is -0.168. The van der Waals surface area contributed by atoms with E-state index in [-0.39, 0.29) is 12.8 Å². The maximum Gasteiger partial charge on any atom is 0.406 e. The van der Waals surface area contributed by atoms with Crippen molar-refractivity contribution in [1.82, 2.24) is 5.32 Å². The number of primary amides is 1. The van der Waals surface area contributed by atoms with Crippen LogP contribution in [-0.2, 0) is 4.79 Å². The van der Waals surface area contributed by atoms with Gasteiger partial charge in [0.25, 0.3) is 0 Å². The van der Waals surface area contributed by atoms with Crippen molar-refractivity contribution < 1.29 is 18.0 Å². The molecule has 13 heavy (non-hydrogen) atoms. The highest BCUT2D eigenvalue weighted by atomic mass is 19.4. The third-order valence-electron chi connectivity index (χ3n) is 2.21. The number of nitrogens with one attached hydrogen (secondary N) is 1. The van der Waals surface area contributed by atoms with Crippen LogP contribution in [0.15, 0.2) is 0 Å². The van der Waals surface area contributed by atoms with E-state index in [0.717, 1.165) is 0 Å². The van der Waals surface area contributed by atoms with Gasteiger partial charge in [0.2, 0.25) is 5.91 Å². The molecule has 1 fully saturated rings. The van der Waals surface area contributed by atoms with Gasteiger partial charge in [-0.25, -0.2) is 0 Å². The van der Waals surface area contributed by atoms with Crippen molar-refractivity contribution in [3.05, 3.63) is 0 Å². The summed E-state index contributed by atoms with van der Waals surface area (Å²) in [5.74, 6) is -0.768. The van der Waals surface area contributed by atoms with Crippen LogP contribution in [0.4, 0.5) is 13.2 Å². The maximum atomic E-state index is 12.3. The summed E-state index contributed by atoms with van der Waals surface area (Å²) in [5.41, 5.74) is 2.99. The van der Waals surface area contributed by atoms with Crippen LogP contribution in [0.5, 0.6) is 0 Å². The quantitative estimate of drug-likeness (QED) is 0.692. The van der Waals surface area contributed by atoms with E-state index in [2.05, 4.69) is 5.32 Å². The molecule has 1 saturated carbocycles. The number of amides is 1. The minimum absolute atomic E-state index is 0.0219. The normalized spacial score (nSPS) is 22.5. The number of rotatable bonds is 3. The van der Waals surface area contributed by atoms with E-state index in [1.54, 1.807) is 0 Å². The first kappa shape index (κ1) is 10.3. The fourth-order valence-corrected chi connectivity index (χ4v) is 1.12. The van der Waals surface area contributed by atoms with Gasteiger partial charge in [0.05, 0.1) is 6.04 Å². The fraction of sp³-hybridized carbons (Fsp3) is 0.857. The lowest BCUT2D eigenvalue weighted by Gasteiger charge is -2.23. The molecule has 1 rings (SSSR count). The van der Waals surface area contributed by atoms with Crippen molar-refractivity contribution in [2.45, 2.75) is 37.5 Å². The highest BCUT2D eigenvalue weighted by Gasteiger charge is 2.63. The fourth-order valence-electron chi connectivity index (χ4n) is 1.12. The molecule has 0 aromatic heterocycles. The molecule has 3 nitrogen and oxygen atoms in total. The molecule has 1 unspecified atom stereocenters. The van der Waals surface area contributed by atoms with Gasteiger partial charge in [-0.2, -0.15) is 13.2 Å². The van der Waals surface area contributed by atoms with Gasteiger partial charge in [0.15, 0.2) is 0 Å². The Labute approximate surface area is 73.5 Å². The zero-order valence-corrected chi connectivity index (χ0v) is 7.11. The highest BCUT2D eigenvalue weighted by Crippen LogP contribution is 2.49. The Balaban J connectivity index is 2.59. The molecular weight excluding hydrogens is 185 g/mol. The van der Waals surface area contributed by atoms with Gasteiger partial charge in [-0.15, -0.1) is 0 Å². The molecule has 0 aromatic carbocycles. The number of hydrogen-bond donors (Lipinski definition) is 2. The first-order valence-electron chi connectivity index (χ1n) is 3.92. The summed E-state index contributed by atoms with van der Waals surface area (Å²) < 4.78 is 36.9. The molecule has 0 aliphatic heterocycles. The standard InChI is InChI=1S/C7H11F3N2O/c1-4(5(11)13)12-6(2-3-6)7(8,9)10/h4,12H,2-3H2,1H3,(H2,11,13). The van der Waals surface area contributed by atoms with E-state index in [1.165, 1.54) is 6.92 Å². The molecule has 1 aliphatic carbocycles. The Kier molecular flexibility index (Phi) is 2.27. The zero-order chi connectivity index (χ0) is 10.3. The molecule has 0 aromatic rings. The second-order valence-corrected chi connectivity index (χ2v) is 3.35. The molecule has 76 valence electrons. The molecule has 0 heterocycles. The average molecular weight is 196 g/mol. The number of alkyl halides is 3. The van der Waals surface area contributed by atoms with Crippen LogP contribution in [0.2, 0.25) is 0 Å². The van der Waals surface area contributed by atoms with Crippen molar-refractivity contribution in [1.29, 1.82) is 0 Å². The Morgan fingerprint density at radius 3 is 2.23 bits per heavy atom. The lowest BCUT2D eigenvalue weighted by atomic mass is 10.2. The predicted molar refractivity (Wildman–Crippen MR) is 39.8 cm³/mol. The minimum Gasteiger partial charge on any atom is -0.368 e. The van der Waals surface area contributed by atoms with E-state index in [4.69, 9.17) is 5.73 Å². The number of nitrogens with two attached hydrogens (primary N) is 1. The van der Waals surface area contributed by atoms with E-state index in [1.807, 2.05) is 0 Å². The molecule has 0 bridgehead atoms. The van der Waals surface area contributed by atoms with Gasteiger partial charge in [-0.1, -0.05) is 0 Å². The Morgan fingerprint density at radius 2 is 2.00 bits per heavy atom. The average Bonchev–Trinajstić information content (AvgIpc) is 2.66. The summed E-state index contributed by atoms with van der Waals surface area (Å²) in [7, 11) is 0. The Morgan fingerprint density at radius 1 is 1.54 bits per heavy atom. The third-order valence-corrected chi connectivity index (χ3v) is 2.21. The Bertz CT molecular complexity index is 222. The lowest BCUT2D eigenvalue weighted by Crippen LogP contribution is -2.52. The largest absolute Gasteiger partial charge is 0.406 e. The molecule has 1 amide bonds. The van der Waals surface area contributed by atoms with Crippen LogP contribution >= 0.6 is 0 Å². The summed E-state index contributed by atoms with van der Waals surface area (Å²) >= 11 is 0. The summed E-state index contributed by atoms with van der Waals surface area (Å²) in [6.45, 7) is 1.33. The molecule has 6 heteroatoms. The first-order valence-corrected chi connectivity index (χ1v) is 3.92. The first-order chi connectivity index (χ1) is 5.78. The second-order valence-electron chi connectivity index (χ2n) is 3.35. The molecule has 0 spiro atoms. The van der Waals surface area contributed by atoms with E-state index >= 15 is 0 Å². The minimum atomic E-state index is -4.29. The van der Waals surface area contributed by atoms with Crippen LogP contribution in [0.25, 0.3) is 0 Å². The van der Waals surface area contributed by atoms with E-state index in [9.17, 15) is 18.0 Å².